The lowest BCUT2D eigenvalue weighted by Crippen LogP contribution is -2.01. The SMILES string of the molecule is COC(=O)c1cc(N=Cc2cc(C)n(C)c2C)ccc1Cl. The molecule has 1 heterocycles. The smallest absolute Gasteiger partial charge is 0.339 e. The number of carbonyl (C=O) groups is 1. The second-order valence-electron chi connectivity index (χ2n) is 4.80. The molecular weight excluding hydrogens is 288 g/mol. The Labute approximate surface area is 129 Å². The average molecular weight is 305 g/mol. The lowest BCUT2D eigenvalue weighted by Gasteiger charge is -2.03. The first-order valence-corrected chi connectivity index (χ1v) is 6.86. The van der Waals surface area contributed by atoms with Crippen molar-refractivity contribution in [3.05, 3.63) is 51.8 Å². The third-order valence-corrected chi connectivity index (χ3v) is 3.85. The van der Waals surface area contributed by atoms with Gasteiger partial charge < -0.3 is 9.30 Å². The van der Waals surface area contributed by atoms with Gasteiger partial charge in [-0.3, -0.25) is 4.99 Å². The highest BCUT2D eigenvalue weighted by atomic mass is 35.5. The van der Waals surface area contributed by atoms with Crippen molar-refractivity contribution in [3.8, 4) is 0 Å². The van der Waals surface area contributed by atoms with Gasteiger partial charge in [-0.25, -0.2) is 4.79 Å². The monoisotopic (exact) mass is 304 g/mol. The van der Waals surface area contributed by atoms with Crippen molar-refractivity contribution in [3.63, 3.8) is 0 Å². The Morgan fingerprint density at radius 3 is 2.62 bits per heavy atom. The van der Waals surface area contributed by atoms with E-state index in [1.165, 1.54) is 12.8 Å². The molecule has 2 aromatic rings. The average Bonchev–Trinajstić information content (AvgIpc) is 2.73. The van der Waals surface area contributed by atoms with E-state index in [4.69, 9.17) is 16.3 Å². The van der Waals surface area contributed by atoms with Crippen LogP contribution in [0, 0.1) is 13.8 Å². The molecule has 4 nitrogen and oxygen atoms in total. The zero-order valence-corrected chi connectivity index (χ0v) is 13.2. The van der Waals surface area contributed by atoms with Crippen LogP contribution >= 0.6 is 11.6 Å². The van der Waals surface area contributed by atoms with E-state index in [9.17, 15) is 4.79 Å². The number of esters is 1. The summed E-state index contributed by atoms with van der Waals surface area (Å²) in [5.74, 6) is -0.469. The summed E-state index contributed by atoms with van der Waals surface area (Å²) in [6.45, 7) is 4.08. The Balaban J connectivity index is 2.33. The minimum absolute atomic E-state index is 0.315. The Kier molecular flexibility index (Phi) is 4.48. The summed E-state index contributed by atoms with van der Waals surface area (Å²) in [5.41, 5.74) is 4.32. The summed E-state index contributed by atoms with van der Waals surface area (Å²) in [7, 11) is 3.34. The summed E-state index contributed by atoms with van der Waals surface area (Å²) in [4.78, 5) is 16.0. The topological polar surface area (TPSA) is 43.6 Å². The Morgan fingerprint density at radius 1 is 1.33 bits per heavy atom. The van der Waals surface area contributed by atoms with Crippen molar-refractivity contribution in [1.82, 2.24) is 4.57 Å². The van der Waals surface area contributed by atoms with E-state index in [1.54, 1.807) is 24.4 Å². The van der Waals surface area contributed by atoms with Crippen molar-refractivity contribution in [1.29, 1.82) is 0 Å². The van der Waals surface area contributed by atoms with Gasteiger partial charge >= 0.3 is 5.97 Å². The molecule has 0 atom stereocenters. The quantitative estimate of drug-likeness (QED) is 0.639. The molecular formula is C16H17ClN2O2. The van der Waals surface area contributed by atoms with E-state index in [1.807, 2.05) is 20.9 Å². The molecule has 0 aliphatic rings. The fraction of sp³-hybridized carbons (Fsp3) is 0.250. The molecule has 0 saturated heterocycles. The van der Waals surface area contributed by atoms with Crippen molar-refractivity contribution in [2.75, 3.05) is 7.11 Å². The van der Waals surface area contributed by atoms with Gasteiger partial charge in [0.15, 0.2) is 0 Å². The van der Waals surface area contributed by atoms with Gasteiger partial charge in [0, 0.05) is 30.2 Å². The normalized spacial score (nSPS) is 11.1. The molecule has 0 fully saturated rings. The second-order valence-corrected chi connectivity index (χ2v) is 5.21. The number of carbonyl (C=O) groups excluding carboxylic acids is 1. The minimum Gasteiger partial charge on any atom is -0.465 e. The molecule has 0 N–H and O–H groups in total. The molecule has 0 aliphatic carbocycles. The molecule has 0 unspecified atom stereocenters. The van der Waals surface area contributed by atoms with E-state index >= 15 is 0 Å². The Bertz CT molecular complexity index is 717. The van der Waals surface area contributed by atoms with Crippen molar-refractivity contribution >= 4 is 29.5 Å². The maximum atomic E-state index is 11.6. The van der Waals surface area contributed by atoms with E-state index in [0.29, 0.717) is 16.3 Å². The van der Waals surface area contributed by atoms with Crippen LogP contribution in [0.1, 0.15) is 27.3 Å². The maximum absolute atomic E-state index is 11.6. The van der Waals surface area contributed by atoms with E-state index in [2.05, 4.69) is 15.6 Å². The predicted molar refractivity (Wildman–Crippen MR) is 84.9 cm³/mol. The standard InChI is InChI=1S/C16H17ClN2O2/c1-10-7-12(11(2)19(10)3)9-18-13-5-6-15(17)14(8-13)16(20)21-4/h5-9H,1-4H3. The van der Waals surface area contributed by atoms with Gasteiger partial charge in [0.05, 0.1) is 23.4 Å². The van der Waals surface area contributed by atoms with Gasteiger partial charge in [-0.05, 0) is 38.1 Å². The van der Waals surface area contributed by atoms with Gasteiger partial charge in [0.1, 0.15) is 0 Å². The van der Waals surface area contributed by atoms with Crippen LogP contribution in [-0.4, -0.2) is 23.9 Å². The number of ether oxygens (including phenoxy) is 1. The summed E-state index contributed by atoms with van der Waals surface area (Å²) in [6.07, 6.45) is 1.78. The third kappa shape index (κ3) is 3.16. The minimum atomic E-state index is -0.469. The lowest BCUT2D eigenvalue weighted by atomic mass is 10.2. The van der Waals surface area contributed by atoms with Crippen LogP contribution in [0.15, 0.2) is 29.3 Å². The molecule has 21 heavy (non-hydrogen) atoms. The fourth-order valence-electron chi connectivity index (χ4n) is 2.02. The number of hydrogen-bond donors (Lipinski definition) is 0. The number of hydrogen-bond acceptors (Lipinski definition) is 3. The van der Waals surface area contributed by atoms with Crippen molar-refractivity contribution in [2.24, 2.45) is 12.0 Å². The number of aliphatic imine (C=N–C) groups is 1. The first kappa shape index (κ1) is 15.3. The molecule has 0 aliphatic heterocycles. The van der Waals surface area contributed by atoms with Gasteiger partial charge in [0.2, 0.25) is 0 Å². The van der Waals surface area contributed by atoms with Crippen molar-refractivity contribution in [2.45, 2.75) is 13.8 Å². The van der Waals surface area contributed by atoms with Crippen LogP contribution in [0.25, 0.3) is 0 Å². The number of halogens is 1. The Morgan fingerprint density at radius 2 is 2.05 bits per heavy atom. The van der Waals surface area contributed by atoms with Gasteiger partial charge in [0.25, 0.3) is 0 Å². The number of rotatable bonds is 3. The maximum Gasteiger partial charge on any atom is 0.339 e. The number of nitrogens with zero attached hydrogens (tertiary/aromatic N) is 2. The van der Waals surface area contributed by atoms with Gasteiger partial charge in [-0.1, -0.05) is 11.6 Å². The van der Waals surface area contributed by atoms with Gasteiger partial charge in [-0.15, -0.1) is 0 Å². The van der Waals surface area contributed by atoms with Gasteiger partial charge in [-0.2, -0.15) is 0 Å². The molecule has 110 valence electrons. The third-order valence-electron chi connectivity index (χ3n) is 3.52. The highest BCUT2D eigenvalue weighted by Crippen LogP contribution is 2.23. The number of aromatic nitrogens is 1. The molecule has 1 aromatic carbocycles. The molecule has 0 saturated carbocycles. The largest absolute Gasteiger partial charge is 0.465 e. The zero-order chi connectivity index (χ0) is 15.6. The zero-order valence-electron chi connectivity index (χ0n) is 12.5. The fourth-order valence-corrected chi connectivity index (χ4v) is 2.21. The molecule has 1 aromatic heterocycles. The van der Waals surface area contributed by atoms with Crippen molar-refractivity contribution < 1.29 is 9.53 Å². The summed E-state index contributed by atoms with van der Waals surface area (Å²) in [6, 6.07) is 7.09. The number of methoxy groups -OCH3 is 1. The summed E-state index contributed by atoms with van der Waals surface area (Å²) >= 11 is 5.98. The first-order valence-electron chi connectivity index (χ1n) is 6.49. The van der Waals surface area contributed by atoms with E-state index in [-0.39, 0.29) is 0 Å². The predicted octanol–water partition coefficient (Wildman–Crippen LogP) is 3.83. The molecule has 0 radical (unpaired) electrons. The van der Waals surface area contributed by atoms with Crippen LogP contribution in [0.4, 0.5) is 5.69 Å². The summed E-state index contributed by atoms with van der Waals surface area (Å²) in [5, 5.41) is 0.354. The molecule has 0 spiro atoms. The van der Waals surface area contributed by atoms with Crippen LogP contribution in [-0.2, 0) is 11.8 Å². The highest BCUT2D eigenvalue weighted by Gasteiger charge is 2.11. The Hall–Kier alpha value is -2.07. The molecule has 2 rings (SSSR count). The number of benzene rings is 1. The van der Waals surface area contributed by atoms with E-state index in [0.717, 1.165) is 11.3 Å². The highest BCUT2D eigenvalue weighted by molar-refractivity contribution is 6.33. The van der Waals surface area contributed by atoms with Crippen LogP contribution < -0.4 is 0 Å². The van der Waals surface area contributed by atoms with E-state index < -0.39 is 5.97 Å². The second kappa shape index (κ2) is 6.14. The molecule has 5 heteroatoms. The first-order chi connectivity index (χ1) is 9.93. The van der Waals surface area contributed by atoms with Crippen LogP contribution in [0.3, 0.4) is 0 Å². The lowest BCUT2D eigenvalue weighted by molar-refractivity contribution is 0.0601. The summed E-state index contributed by atoms with van der Waals surface area (Å²) < 4.78 is 6.79. The molecule has 0 bridgehead atoms. The van der Waals surface area contributed by atoms with Crippen LogP contribution in [0.5, 0.6) is 0 Å². The number of aryl methyl sites for hydroxylation is 1. The van der Waals surface area contributed by atoms with Crippen LogP contribution in [0.2, 0.25) is 5.02 Å². The molecule has 0 amide bonds.